The number of fused-ring (bicyclic) bond motifs is 1. The van der Waals surface area contributed by atoms with E-state index in [-0.39, 0.29) is 17.5 Å². The number of imidazole rings is 1. The minimum Gasteiger partial charge on any atom is -0.487 e. The van der Waals surface area contributed by atoms with Crippen LogP contribution in [0.3, 0.4) is 0 Å². The SMILES string of the molecule is CCOc1cccc(NC(C)c2nc3ccccc3[nH]2)c1[N+](=O)[O-]. The third kappa shape index (κ3) is 3.01. The quantitative estimate of drug-likeness (QED) is 0.526. The number of ether oxygens (including phenoxy) is 1. The van der Waals surface area contributed by atoms with Gasteiger partial charge in [0.05, 0.1) is 28.6 Å². The standard InChI is InChI=1S/C17H18N4O3/c1-3-24-15-10-6-9-14(16(15)21(22)23)18-11(2)17-19-12-7-4-5-8-13(12)20-17/h4-11,18H,3H2,1-2H3,(H,19,20). The van der Waals surface area contributed by atoms with Gasteiger partial charge in [0.1, 0.15) is 11.5 Å². The maximum Gasteiger partial charge on any atom is 0.333 e. The number of para-hydroxylation sites is 3. The third-order valence-corrected chi connectivity index (χ3v) is 3.67. The van der Waals surface area contributed by atoms with E-state index in [1.807, 2.05) is 31.2 Å². The van der Waals surface area contributed by atoms with Gasteiger partial charge in [0.15, 0.2) is 5.75 Å². The van der Waals surface area contributed by atoms with Crippen molar-refractivity contribution in [2.75, 3.05) is 11.9 Å². The molecule has 0 spiro atoms. The van der Waals surface area contributed by atoms with E-state index in [1.165, 1.54) is 0 Å². The van der Waals surface area contributed by atoms with Gasteiger partial charge >= 0.3 is 5.69 Å². The molecule has 3 rings (SSSR count). The van der Waals surface area contributed by atoms with Gasteiger partial charge in [-0.3, -0.25) is 10.1 Å². The number of hydrogen-bond donors (Lipinski definition) is 2. The number of nitrogens with zero attached hydrogens (tertiary/aromatic N) is 2. The van der Waals surface area contributed by atoms with E-state index in [4.69, 9.17) is 4.74 Å². The molecular weight excluding hydrogens is 308 g/mol. The summed E-state index contributed by atoms with van der Waals surface area (Å²) in [5, 5.41) is 14.6. The minimum absolute atomic E-state index is 0.0673. The number of rotatable bonds is 6. The van der Waals surface area contributed by atoms with Crippen LogP contribution in [0.1, 0.15) is 25.7 Å². The maximum absolute atomic E-state index is 11.4. The van der Waals surface area contributed by atoms with Gasteiger partial charge in [-0.05, 0) is 38.1 Å². The molecule has 7 heteroatoms. The molecule has 0 fully saturated rings. The molecule has 0 radical (unpaired) electrons. The van der Waals surface area contributed by atoms with Crippen LogP contribution in [0.4, 0.5) is 11.4 Å². The molecule has 0 aliphatic rings. The van der Waals surface area contributed by atoms with Crippen LogP contribution in [0.15, 0.2) is 42.5 Å². The van der Waals surface area contributed by atoms with E-state index >= 15 is 0 Å². The van der Waals surface area contributed by atoms with Crippen molar-refractivity contribution in [1.82, 2.24) is 9.97 Å². The maximum atomic E-state index is 11.4. The molecule has 1 aromatic heterocycles. The molecular formula is C17H18N4O3. The lowest BCUT2D eigenvalue weighted by atomic mass is 10.2. The molecule has 1 heterocycles. The lowest BCUT2D eigenvalue weighted by molar-refractivity contribution is -0.385. The summed E-state index contributed by atoms with van der Waals surface area (Å²) in [5.74, 6) is 0.969. The molecule has 7 nitrogen and oxygen atoms in total. The lowest BCUT2D eigenvalue weighted by Crippen LogP contribution is -2.10. The van der Waals surface area contributed by atoms with E-state index in [2.05, 4.69) is 15.3 Å². The number of anilines is 1. The zero-order valence-corrected chi connectivity index (χ0v) is 13.4. The molecule has 124 valence electrons. The van der Waals surface area contributed by atoms with Gasteiger partial charge in [0.2, 0.25) is 0 Å². The number of nitro groups is 1. The van der Waals surface area contributed by atoms with Gasteiger partial charge in [-0.1, -0.05) is 18.2 Å². The molecule has 24 heavy (non-hydrogen) atoms. The molecule has 3 aromatic rings. The topological polar surface area (TPSA) is 93.1 Å². The summed E-state index contributed by atoms with van der Waals surface area (Å²) in [6.07, 6.45) is 0. The van der Waals surface area contributed by atoms with Crippen LogP contribution in [0, 0.1) is 10.1 Å². The van der Waals surface area contributed by atoms with Crippen LogP contribution in [-0.2, 0) is 0 Å². The molecule has 0 amide bonds. The first kappa shape index (κ1) is 15.8. The summed E-state index contributed by atoms with van der Waals surface area (Å²) in [5.41, 5.74) is 2.12. The van der Waals surface area contributed by atoms with Gasteiger partial charge < -0.3 is 15.0 Å². The summed E-state index contributed by atoms with van der Waals surface area (Å²) in [6, 6.07) is 12.5. The third-order valence-electron chi connectivity index (χ3n) is 3.67. The van der Waals surface area contributed by atoms with E-state index in [0.717, 1.165) is 11.0 Å². The molecule has 2 N–H and O–H groups in total. The number of nitro benzene ring substituents is 1. The van der Waals surface area contributed by atoms with Gasteiger partial charge in [0, 0.05) is 0 Å². The summed E-state index contributed by atoms with van der Waals surface area (Å²) < 4.78 is 5.37. The molecule has 0 saturated carbocycles. The molecule has 1 unspecified atom stereocenters. The first-order chi connectivity index (χ1) is 11.6. The fraction of sp³-hybridized carbons (Fsp3) is 0.235. The highest BCUT2D eigenvalue weighted by atomic mass is 16.6. The highest BCUT2D eigenvalue weighted by molar-refractivity contribution is 5.75. The molecule has 2 aromatic carbocycles. The Labute approximate surface area is 138 Å². The van der Waals surface area contributed by atoms with Crippen LogP contribution in [-0.4, -0.2) is 21.5 Å². The summed E-state index contributed by atoms with van der Waals surface area (Å²) in [6.45, 7) is 4.05. The van der Waals surface area contributed by atoms with Crippen molar-refractivity contribution in [3.63, 3.8) is 0 Å². The monoisotopic (exact) mass is 326 g/mol. The van der Waals surface area contributed by atoms with Crippen LogP contribution in [0.5, 0.6) is 5.75 Å². The van der Waals surface area contributed by atoms with E-state index in [1.54, 1.807) is 25.1 Å². The average Bonchev–Trinajstić information content (AvgIpc) is 2.99. The average molecular weight is 326 g/mol. The van der Waals surface area contributed by atoms with E-state index in [0.29, 0.717) is 18.1 Å². The number of hydrogen-bond acceptors (Lipinski definition) is 5. The van der Waals surface area contributed by atoms with Crippen molar-refractivity contribution < 1.29 is 9.66 Å². The number of aromatic nitrogens is 2. The molecule has 0 saturated heterocycles. The van der Waals surface area contributed by atoms with Crippen molar-refractivity contribution in [1.29, 1.82) is 0 Å². The van der Waals surface area contributed by atoms with Crippen molar-refractivity contribution in [3.05, 3.63) is 58.4 Å². The van der Waals surface area contributed by atoms with Gasteiger partial charge in [-0.25, -0.2) is 4.98 Å². The Morgan fingerprint density at radius 2 is 2.08 bits per heavy atom. The highest BCUT2D eigenvalue weighted by Crippen LogP contribution is 2.36. The second-order valence-electron chi connectivity index (χ2n) is 5.35. The van der Waals surface area contributed by atoms with Gasteiger partial charge in [-0.15, -0.1) is 0 Å². The predicted molar refractivity (Wildman–Crippen MR) is 92.4 cm³/mol. The van der Waals surface area contributed by atoms with Crippen LogP contribution >= 0.6 is 0 Å². The van der Waals surface area contributed by atoms with Crippen LogP contribution in [0.25, 0.3) is 11.0 Å². The fourth-order valence-corrected chi connectivity index (χ4v) is 2.58. The van der Waals surface area contributed by atoms with Crippen molar-refractivity contribution in [3.8, 4) is 5.75 Å². The molecule has 0 bridgehead atoms. The normalized spacial score (nSPS) is 12.1. The van der Waals surface area contributed by atoms with Gasteiger partial charge in [0.25, 0.3) is 0 Å². The lowest BCUT2D eigenvalue weighted by Gasteiger charge is -2.14. The largest absolute Gasteiger partial charge is 0.487 e. The van der Waals surface area contributed by atoms with Crippen molar-refractivity contribution in [2.45, 2.75) is 19.9 Å². The number of H-pyrrole nitrogens is 1. The Kier molecular flexibility index (Phi) is 4.33. The molecule has 1 atom stereocenters. The molecule has 0 aliphatic carbocycles. The van der Waals surface area contributed by atoms with Crippen LogP contribution < -0.4 is 10.1 Å². The summed E-state index contributed by atoms with van der Waals surface area (Å²) in [4.78, 5) is 18.8. The van der Waals surface area contributed by atoms with Crippen molar-refractivity contribution in [2.24, 2.45) is 0 Å². The number of aromatic amines is 1. The van der Waals surface area contributed by atoms with Crippen molar-refractivity contribution >= 4 is 22.4 Å². The second kappa shape index (κ2) is 6.57. The Balaban J connectivity index is 1.92. The molecule has 0 aliphatic heterocycles. The minimum atomic E-state index is -0.432. The van der Waals surface area contributed by atoms with E-state index < -0.39 is 4.92 Å². The van der Waals surface area contributed by atoms with E-state index in [9.17, 15) is 10.1 Å². The zero-order valence-electron chi connectivity index (χ0n) is 13.4. The van der Waals surface area contributed by atoms with Crippen LogP contribution in [0.2, 0.25) is 0 Å². The fourth-order valence-electron chi connectivity index (χ4n) is 2.58. The first-order valence-corrected chi connectivity index (χ1v) is 7.71. The van der Waals surface area contributed by atoms with Gasteiger partial charge in [-0.2, -0.15) is 0 Å². The zero-order chi connectivity index (χ0) is 17.1. The predicted octanol–water partition coefficient (Wildman–Crippen LogP) is 4.04. The Morgan fingerprint density at radius 3 is 2.79 bits per heavy atom. The Bertz CT molecular complexity index is 842. The summed E-state index contributed by atoms with van der Waals surface area (Å²) in [7, 11) is 0. The summed E-state index contributed by atoms with van der Waals surface area (Å²) >= 11 is 0. The second-order valence-corrected chi connectivity index (χ2v) is 5.35. The highest BCUT2D eigenvalue weighted by Gasteiger charge is 2.23. The smallest absolute Gasteiger partial charge is 0.333 e. The first-order valence-electron chi connectivity index (χ1n) is 7.71. The Morgan fingerprint density at radius 1 is 1.29 bits per heavy atom. The number of nitrogens with one attached hydrogen (secondary N) is 2. The Hall–Kier alpha value is -3.09. The number of benzene rings is 2.